The molecule has 8 heteroatoms. The SMILES string of the molecule is O=C(O/C(=C\c1nc2c(n1C(=O)c1cccs1)CCCC2)c1cccs1)c1cccs1. The van der Waals surface area contributed by atoms with Crippen LogP contribution in [-0.4, -0.2) is 21.4 Å². The summed E-state index contributed by atoms with van der Waals surface area (Å²) in [5.74, 6) is 0.401. The third-order valence-electron chi connectivity index (χ3n) is 5.04. The van der Waals surface area contributed by atoms with Gasteiger partial charge in [0.25, 0.3) is 5.91 Å². The summed E-state index contributed by atoms with van der Waals surface area (Å²) in [5.41, 5.74) is 1.92. The molecule has 0 fully saturated rings. The lowest BCUT2D eigenvalue weighted by Gasteiger charge is -2.13. The molecule has 0 spiro atoms. The molecule has 0 bridgehead atoms. The van der Waals surface area contributed by atoms with Crippen LogP contribution in [0.5, 0.6) is 0 Å². The first-order chi connectivity index (χ1) is 15.2. The van der Waals surface area contributed by atoms with Gasteiger partial charge in [-0.3, -0.25) is 9.36 Å². The first kappa shape index (κ1) is 20.1. The van der Waals surface area contributed by atoms with Crippen LogP contribution in [0, 0.1) is 0 Å². The fourth-order valence-electron chi connectivity index (χ4n) is 3.63. The lowest BCUT2D eigenvalue weighted by atomic mass is 10.0. The van der Waals surface area contributed by atoms with E-state index in [9.17, 15) is 9.59 Å². The van der Waals surface area contributed by atoms with Crippen molar-refractivity contribution in [3.05, 3.63) is 84.4 Å². The standard InChI is InChI=1S/C23H18N2O3S3/c26-22(19-9-4-12-30-19)25-16-7-2-1-6-15(16)24-21(25)14-17(18-8-3-11-29-18)28-23(27)20-10-5-13-31-20/h3-5,8-14H,1-2,6-7H2/b17-14-. The summed E-state index contributed by atoms with van der Waals surface area (Å²) in [5, 5.41) is 5.66. The van der Waals surface area contributed by atoms with Crippen molar-refractivity contribution in [1.82, 2.24) is 9.55 Å². The molecular weight excluding hydrogens is 448 g/mol. The summed E-state index contributed by atoms with van der Waals surface area (Å²) in [7, 11) is 0. The molecule has 4 aromatic rings. The quantitative estimate of drug-likeness (QED) is 0.268. The Balaban J connectivity index is 1.60. The molecule has 31 heavy (non-hydrogen) atoms. The highest BCUT2D eigenvalue weighted by atomic mass is 32.1. The number of carbonyl (C=O) groups is 2. The van der Waals surface area contributed by atoms with Crippen molar-refractivity contribution in [1.29, 1.82) is 0 Å². The number of imidazole rings is 1. The molecule has 0 saturated carbocycles. The van der Waals surface area contributed by atoms with Gasteiger partial charge in [0.1, 0.15) is 10.7 Å². The number of thiophene rings is 3. The smallest absolute Gasteiger partial charge is 0.353 e. The van der Waals surface area contributed by atoms with Gasteiger partial charge < -0.3 is 4.74 Å². The Labute approximate surface area is 191 Å². The summed E-state index contributed by atoms with van der Waals surface area (Å²) in [4.78, 5) is 32.8. The van der Waals surface area contributed by atoms with Crippen LogP contribution in [0.3, 0.4) is 0 Å². The van der Waals surface area contributed by atoms with E-state index in [4.69, 9.17) is 9.72 Å². The zero-order valence-corrected chi connectivity index (χ0v) is 18.9. The van der Waals surface area contributed by atoms with Crippen LogP contribution in [0.2, 0.25) is 0 Å². The molecule has 5 rings (SSSR count). The summed E-state index contributed by atoms with van der Waals surface area (Å²) in [6.07, 6.45) is 5.48. The molecule has 0 saturated heterocycles. The van der Waals surface area contributed by atoms with E-state index in [0.29, 0.717) is 21.3 Å². The Morgan fingerprint density at radius 2 is 1.55 bits per heavy atom. The van der Waals surface area contributed by atoms with Crippen LogP contribution >= 0.6 is 34.0 Å². The van der Waals surface area contributed by atoms with Crippen molar-refractivity contribution in [3.63, 3.8) is 0 Å². The minimum Gasteiger partial charge on any atom is -0.421 e. The predicted molar refractivity (Wildman–Crippen MR) is 125 cm³/mol. The van der Waals surface area contributed by atoms with Gasteiger partial charge in [0.2, 0.25) is 0 Å². The second-order valence-corrected chi connectivity index (χ2v) is 9.88. The van der Waals surface area contributed by atoms with Crippen LogP contribution in [0.25, 0.3) is 11.8 Å². The molecule has 156 valence electrons. The van der Waals surface area contributed by atoms with E-state index in [2.05, 4.69) is 0 Å². The van der Waals surface area contributed by atoms with E-state index in [-0.39, 0.29) is 5.91 Å². The molecule has 4 aromatic heterocycles. The van der Waals surface area contributed by atoms with E-state index in [1.165, 1.54) is 34.0 Å². The Bertz CT molecular complexity index is 1230. The lowest BCUT2D eigenvalue weighted by Crippen LogP contribution is -2.17. The van der Waals surface area contributed by atoms with Gasteiger partial charge >= 0.3 is 5.97 Å². The highest BCUT2D eigenvalue weighted by Gasteiger charge is 2.25. The number of fused-ring (bicyclic) bond motifs is 1. The van der Waals surface area contributed by atoms with Crippen LogP contribution in [0.4, 0.5) is 0 Å². The van der Waals surface area contributed by atoms with Crippen molar-refractivity contribution >= 4 is 57.7 Å². The van der Waals surface area contributed by atoms with Gasteiger partial charge in [0, 0.05) is 11.8 Å². The van der Waals surface area contributed by atoms with Crippen LogP contribution in [0.15, 0.2) is 52.5 Å². The highest BCUT2D eigenvalue weighted by molar-refractivity contribution is 7.12. The fourth-order valence-corrected chi connectivity index (χ4v) is 5.56. The molecule has 0 N–H and O–H groups in total. The first-order valence-corrected chi connectivity index (χ1v) is 12.5. The number of nitrogens with zero attached hydrogens (tertiary/aromatic N) is 2. The maximum absolute atomic E-state index is 13.3. The second-order valence-electron chi connectivity index (χ2n) is 7.04. The molecule has 5 nitrogen and oxygen atoms in total. The zero-order valence-electron chi connectivity index (χ0n) is 16.4. The topological polar surface area (TPSA) is 61.2 Å². The zero-order chi connectivity index (χ0) is 21.2. The Morgan fingerprint density at radius 1 is 0.903 bits per heavy atom. The molecule has 0 amide bonds. The van der Waals surface area contributed by atoms with Crippen molar-refractivity contribution in [2.45, 2.75) is 25.7 Å². The van der Waals surface area contributed by atoms with E-state index in [1.54, 1.807) is 16.7 Å². The number of ether oxygens (including phenoxy) is 1. The summed E-state index contributed by atoms with van der Waals surface area (Å²) in [6, 6.07) is 11.0. The number of hydrogen-bond donors (Lipinski definition) is 0. The largest absolute Gasteiger partial charge is 0.421 e. The molecule has 0 aliphatic heterocycles. The Hall–Kier alpha value is -2.81. The lowest BCUT2D eigenvalue weighted by molar-refractivity contribution is 0.0699. The Morgan fingerprint density at radius 3 is 2.23 bits per heavy atom. The van der Waals surface area contributed by atoms with Crippen molar-refractivity contribution in [2.24, 2.45) is 0 Å². The van der Waals surface area contributed by atoms with Gasteiger partial charge in [-0.05, 0) is 60.0 Å². The maximum atomic E-state index is 13.3. The van der Waals surface area contributed by atoms with Gasteiger partial charge in [0.15, 0.2) is 5.76 Å². The molecule has 0 unspecified atom stereocenters. The van der Waals surface area contributed by atoms with E-state index in [0.717, 1.165) is 41.9 Å². The molecule has 1 aliphatic carbocycles. The maximum Gasteiger partial charge on any atom is 0.353 e. The molecule has 0 radical (unpaired) electrons. The van der Waals surface area contributed by atoms with Gasteiger partial charge in [-0.25, -0.2) is 9.78 Å². The number of esters is 1. The van der Waals surface area contributed by atoms with E-state index >= 15 is 0 Å². The minimum atomic E-state index is -0.415. The number of rotatable bonds is 5. The van der Waals surface area contributed by atoms with Crippen molar-refractivity contribution in [2.75, 3.05) is 0 Å². The number of hydrogen-bond acceptors (Lipinski definition) is 7. The molecule has 0 aromatic carbocycles. The first-order valence-electron chi connectivity index (χ1n) is 9.90. The fraction of sp³-hybridized carbons (Fsp3) is 0.174. The van der Waals surface area contributed by atoms with E-state index < -0.39 is 5.97 Å². The van der Waals surface area contributed by atoms with Gasteiger partial charge in [0.05, 0.1) is 15.4 Å². The van der Waals surface area contributed by atoms with Gasteiger partial charge in [-0.1, -0.05) is 18.2 Å². The van der Waals surface area contributed by atoms with Crippen LogP contribution in [-0.2, 0) is 17.6 Å². The second kappa shape index (κ2) is 8.74. The van der Waals surface area contributed by atoms with Crippen molar-refractivity contribution in [3.8, 4) is 0 Å². The normalized spacial score (nSPS) is 13.7. The minimum absolute atomic E-state index is 0.0907. The number of aryl methyl sites for hydroxylation is 1. The highest BCUT2D eigenvalue weighted by Crippen LogP contribution is 2.29. The van der Waals surface area contributed by atoms with Gasteiger partial charge in [-0.15, -0.1) is 34.0 Å². The summed E-state index contributed by atoms with van der Waals surface area (Å²) in [6.45, 7) is 0. The summed E-state index contributed by atoms with van der Waals surface area (Å²) < 4.78 is 7.48. The van der Waals surface area contributed by atoms with E-state index in [1.807, 2.05) is 46.5 Å². The summed E-state index contributed by atoms with van der Waals surface area (Å²) >= 11 is 4.22. The van der Waals surface area contributed by atoms with Crippen molar-refractivity contribution < 1.29 is 14.3 Å². The third-order valence-corrected chi connectivity index (χ3v) is 7.64. The molecule has 4 heterocycles. The third kappa shape index (κ3) is 4.06. The number of aromatic nitrogens is 2. The average molecular weight is 467 g/mol. The monoisotopic (exact) mass is 466 g/mol. The number of carbonyl (C=O) groups excluding carboxylic acids is 2. The van der Waals surface area contributed by atoms with Gasteiger partial charge in [-0.2, -0.15) is 0 Å². The molecule has 0 atom stereocenters. The molecular formula is C23H18N2O3S3. The molecule has 1 aliphatic rings. The average Bonchev–Trinajstić information content (AvgIpc) is 3.58. The van der Waals surface area contributed by atoms with Crippen LogP contribution in [0.1, 0.15) is 54.3 Å². The van der Waals surface area contributed by atoms with Crippen LogP contribution < -0.4 is 0 Å². The predicted octanol–water partition coefficient (Wildman–Crippen LogP) is 5.99. The Kier molecular flexibility index (Phi) is 5.67.